The maximum Gasteiger partial charge on any atom is 0.159 e. The third-order valence-corrected chi connectivity index (χ3v) is 3.66. The van der Waals surface area contributed by atoms with Gasteiger partial charge in [0.25, 0.3) is 0 Å². The standard InChI is InChI=1S/C14H12F3NS/c1-8(18)11-6-9(15)2-5-14(11)19-10-3-4-12(16)13(17)7-10/h2-8H,18H2,1H3/t8-/m1/s1. The van der Waals surface area contributed by atoms with E-state index in [1.54, 1.807) is 13.0 Å². The molecule has 100 valence electrons. The molecule has 0 radical (unpaired) electrons. The van der Waals surface area contributed by atoms with Gasteiger partial charge in [0, 0.05) is 15.8 Å². The maximum atomic E-state index is 13.2. The summed E-state index contributed by atoms with van der Waals surface area (Å²) >= 11 is 1.22. The van der Waals surface area contributed by atoms with Gasteiger partial charge in [0.2, 0.25) is 0 Å². The van der Waals surface area contributed by atoms with Gasteiger partial charge in [-0.05, 0) is 48.9 Å². The minimum absolute atomic E-state index is 0.344. The molecule has 1 nitrogen and oxygen atoms in total. The Morgan fingerprint density at radius 3 is 2.37 bits per heavy atom. The van der Waals surface area contributed by atoms with Crippen LogP contribution in [0.2, 0.25) is 0 Å². The number of hydrogen-bond donors (Lipinski definition) is 1. The molecule has 2 aromatic carbocycles. The van der Waals surface area contributed by atoms with Gasteiger partial charge in [-0.2, -0.15) is 0 Å². The van der Waals surface area contributed by atoms with Crippen LogP contribution in [-0.4, -0.2) is 0 Å². The fraction of sp³-hybridized carbons (Fsp3) is 0.143. The van der Waals surface area contributed by atoms with E-state index in [1.807, 2.05) is 0 Å². The first kappa shape index (κ1) is 14.0. The van der Waals surface area contributed by atoms with Gasteiger partial charge >= 0.3 is 0 Å². The Kier molecular flexibility index (Phi) is 4.17. The number of nitrogens with two attached hydrogens (primary N) is 1. The Hall–Kier alpha value is -1.46. The highest BCUT2D eigenvalue weighted by molar-refractivity contribution is 7.99. The third kappa shape index (κ3) is 3.30. The Morgan fingerprint density at radius 1 is 1.00 bits per heavy atom. The van der Waals surface area contributed by atoms with Crippen LogP contribution < -0.4 is 5.73 Å². The second-order valence-corrected chi connectivity index (χ2v) is 5.26. The SMILES string of the molecule is C[C@@H](N)c1cc(F)ccc1Sc1ccc(F)c(F)c1. The van der Waals surface area contributed by atoms with Crippen molar-refractivity contribution in [2.24, 2.45) is 5.73 Å². The average molecular weight is 283 g/mol. The third-order valence-electron chi connectivity index (χ3n) is 2.58. The van der Waals surface area contributed by atoms with Crippen LogP contribution in [-0.2, 0) is 0 Å². The van der Waals surface area contributed by atoms with E-state index in [9.17, 15) is 13.2 Å². The van der Waals surface area contributed by atoms with E-state index in [4.69, 9.17) is 5.73 Å². The van der Waals surface area contributed by atoms with Gasteiger partial charge in [0.1, 0.15) is 5.82 Å². The molecular weight excluding hydrogens is 271 g/mol. The summed E-state index contributed by atoms with van der Waals surface area (Å²) in [6, 6.07) is 7.54. The monoisotopic (exact) mass is 283 g/mol. The van der Waals surface area contributed by atoms with Gasteiger partial charge in [-0.3, -0.25) is 0 Å². The summed E-state index contributed by atoms with van der Waals surface area (Å²) in [5, 5.41) is 0. The van der Waals surface area contributed by atoms with Crippen molar-refractivity contribution in [2.45, 2.75) is 22.8 Å². The Labute approximate surface area is 113 Å². The molecule has 0 aliphatic heterocycles. The largest absolute Gasteiger partial charge is 0.324 e. The lowest BCUT2D eigenvalue weighted by molar-refractivity contribution is 0.506. The van der Waals surface area contributed by atoms with E-state index in [-0.39, 0.29) is 11.9 Å². The van der Waals surface area contributed by atoms with Crippen LogP contribution in [0.5, 0.6) is 0 Å². The molecule has 2 aromatic rings. The van der Waals surface area contributed by atoms with Crippen molar-refractivity contribution in [3.05, 3.63) is 59.4 Å². The molecule has 0 saturated carbocycles. The number of hydrogen-bond acceptors (Lipinski definition) is 2. The number of halogens is 3. The van der Waals surface area contributed by atoms with Crippen molar-refractivity contribution < 1.29 is 13.2 Å². The van der Waals surface area contributed by atoms with Crippen LogP contribution in [0.25, 0.3) is 0 Å². The normalized spacial score (nSPS) is 12.5. The first-order valence-corrected chi connectivity index (χ1v) is 6.47. The first-order valence-electron chi connectivity index (χ1n) is 5.65. The molecule has 0 fully saturated rings. The highest BCUT2D eigenvalue weighted by Crippen LogP contribution is 2.33. The number of rotatable bonds is 3. The van der Waals surface area contributed by atoms with Crippen molar-refractivity contribution in [1.82, 2.24) is 0 Å². The summed E-state index contributed by atoms with van der Waals surface area (Å²) in [7, 11) is 0. The van der Waals surface area contributed by atoms with Crippen LogP contribution in [0, 0.1) is 17.5 Å². The van der Waals surface area contributed by atoms with E-state index in [1.165, 1.54) is 30.0 Å². The van der Waals surface area contributed by atoms with Crippen molar-refractivity contribution in [1.29, 1.82) is 0 Å². The van der Waals surface area contributed by atoms with Crippen molar-refractivity contribution in [3.8, 4) is 0 Å². The Balaban J connectivity index is 2.35. The molecule has 0 saturated heterocycles. The van der Waals surface area contributed by atoms with E-state index in [2.05, 4.69) is 0 Å². The predicted molar refractivity (Wildman–Crippen MR) is 69.5 cm³/mol. The van der Waals surface area contributed by atoms with Crippen molar-refractivity contribution >= 4 is 11.8 Å². The summed E-state index contributed by atoms with van der Waals surface area (Å²) in [6.07, 6.45) is 0. The molecule has 5 heteroatoms. The molecule has 0 heterocycles. The lowest BCUT2D eigenvalue weighted by Crippen LogP contribution is -2.06. The minimum atomic E-state index is -0.908. The van der Waals surface area contributed by atoms with Gasteiger partial charge in [-0.1, -0.05) is 11.8 Å². The molecule has 0 spiro atoms. The topological polar surface area (TPSA) is 26.0 Å². The fourth-order valence-corrected chi connectivity index (χ4v) is 2.69. The van der Waals surface area contributed by atoms with E-state index in [0.717, 1.165) is 17.0 Å². The molecule has 0 unspecified atom stereocenters. The minimum Gasteiger partial charge on any atom is -0.324 e. The molecular formula is C14H12F3NS. The Bertz CT molecular complexity index is 599. The van der Waals surface area contributed by atoms with Gasteiger partial charge in [0.15, 0.2) is 11.6 Å². The smallest absolute Gasteiger partial charge is 0.159 e. The second-order valence-electron chi connectivity index (χ2n) is 4.15. The molecule has 0 bridgehead atoms. The van der Waals surface area contributed by atoms with Gasteiger partial charge < -0.3 is 5.73 Å². The summed E-state index contributed by atoms with van der Waals surface area (Å²) < 4.78 is 39.2. The van der Waals surface area contributed by atoms with Crippen LogP contribution in [0.1, 0.15) is 18.5 Å². The highest BCUT2D eigenvalue weighted by atomic mass is 32.2. The fourth-order valence-electron chi connectivity index (χ4n) is 1.64. The zero-order valence-electron chi connectivity index (χ0n) is 10.2. The number of benzene rings is 2. The first-order chi connectivity index (χ1) is 8.97. The second kappa shape index (κ2) is 5.67. The van der Waals surface area contributed by atoms with Crippen LogP contribution in [0.3, 0.4) is 0 Å². The van der Waals surface area contributed by atoms with Crippen LogP contribution >= 0.6 is 11.8 Å². The van der Waals surface area contributed by atoms with Crippen LogP contribution in [0.4, 0.5) is 13.2 Å². The molecule has 2 N–H and O–H groups in total. The molecule has 1 atom stereocenters. The average Bonchev–Trinajstić information content (AvgIpc) is 2.36. The summed E-state index contributed by atoms with van der Waals surface area (Å²) in [5.41, 5.74) is 6.41. The molecule has 0 aliphatic rings. The lowest BCUT2D eigenvalue weighted by atomic mass is 10.1. The van der Waals surface area contributed by atoms with Gasteiger partial charge in [-0.15, -0.1) is 0 Å². The molecule has 0 amide bonds. The van der Waals surface area contributed by atoms with Crippen molar-refractivity contribution in [2.75, 3.05) is 0 Å². The Morgan fingerprint density at radius 2 is 1.74 bits per heavy atom. The van der Waals surface area contributed by atoms with Crippen LogP contribution in [0.15, 0.2) is 46.2 Å². The molecule has 2 rings (SSSR count). The lowest BCUT2D eigenvalue weighted by Gasteiger charge is -2.12. The molecule has 0 aromatic heterocycles. The van der Waals surface area contributed by atoms with E-state index < -0.39 is 11.6 Å². The van der Waals surface area contributed by atoms with E-state index >= 15 is 0 Å². The summed E-state index contributed by atoms with van der Waals surface area (Å²) in [4.78, 5) is 1.26. The summed E-state index contributed by atoms with van der Waals surface area (Å²) in [6.45, 7) is 1.74. The molecule has 19 heavy (non-hydrogen) atoms. The maximum absolute atomic E-state index is 13.2. The quantitative estimate of drug-likeness (QED) is 0.910. The summed E-state index contributed by atoms with van der Waals surface area (Å²) in [5.74, 6) is -2.17. The molecule has 0 aliphatic carbocycles. The van der Waals surface area contributed by atoms with Crippen molar-refractivity contribution in [3.63, 3.8) is 0 Å². The van der Waals surface area contributed by atoms with Gasteiger partial charge in [0.05, 0.1) is 0 Å². The highest BCUT2D eigenvalue weighted by Gasteiger charge is 2.11. The predicted octanol–water partition coefficient (Wildman–Crippen LogP) is 4.27. The van der Waals surface area contributed by atoms with Gasteiger partial charge in [-0.25, -0.2) is 13.2 Å². The zero-order chi connectivity index (χ0) is 14.0. The zero-order valence-corrected chi connectivity index (χ0v) is 11.0. The van der Waals surface area contributed by atoms with E-state index in [0.29, 0.717) is 10.5 Å².